The average Bonchev–Trinajstić information content (AvgIpc) is 2.32. The third kappa shape index (κ3) is 5.24. The molecule has 0 fully saturated rings. The molecule has 19 heavy (non-hydrogen) atoms. The third-order valence-electron chi connectivity index (χ3n) is 2.80. The molecular weight excluding hydrogens is 250 g/mol. The lowest BCUT2D eigenvalue weighted by Gasteiger charge is -2.15. The Balaban J connectivity index is 2.47. The van der Waals surface area contributed by atoms with Gasteiger partial charge in [0.15, 0.2) is 11.6 Å². The van der Waals surface area contributed by atoms with Gasteiger partial charge in [0, 0.05) is 6.54 Å². The van der Waals surface area contributed by atoms with Gasteiger partial charge >= 0.3 is 6.03 Å². The number of amides is 2. The second kappa shape index (κ2) is 7.07. The first-order valence-electron chi connectivity index (χ1n) is 6.39. The molecule has 0 saturated carbocycles. The Labute approximate surface area is 112 Å². The van der Waals surface area contributed by atoms with E-state index in [0.29, 0.717) is 18.0 Å². The first-order valence-corrected chi connectivity index (χ1v) is 6.39. The van der Waals surface area contributed by atoms with Crippen LogP contribution in [0.3, 0.4) is 0 Å². The van der Waals surface area contributed by atoms with Crippen LogP contribution < -0.4 is 10.6 Å². The van der Waals surface area contributed by atoms with Crippen molar-refractivity contribution in [1.29, 1.82) is 0 Å². The minimum absolute atomic E-state index is 0.308. The molecule has 0 aliphatic heterocycles. The smallest absolute Gasteiger partial charge is 0.315 e. The summed E-state index contributed by atoms with van der Waals surface area (Å²) in [5, 5.41) is 5.40. The van der Waals surface area contributed by atoms with Gasteiger partial charge in [-0.1, -0.05) is 19.9 Å². The van der Waals surface area contributed by atoms with Crippen LogP contribution in [0, 0.1) is 17.6 Å². The van der Waals surface area contributed by atoms with Crippen LogP contribution in [0.5, 0.6) is 0 Å². The molecule has 0 spiro atoms. The van der Waals surface area contributed by atoms with E-state index >= 15 is 0 Å². The van der Waals surface area contributed by atoms with Gasteiger partial charge in [-0.05, 0) is 37.0 Å². The molecule has 2 amide bonds. The van der Waals surface area contributed by atoms with Crippen molar-refractivity contribution in [3.8, 4) is 0 Å². The van der Waals surface area contributed by atoms with Gasteiger partial charge in [-0.3, -0.25) is 0 Å². The van der Waals surface area contributed by atoms with E-state index in [4.69, 9.17) is 0 Å². The lowest BCUT2D eigenvalue weighted by atomic mass is 10.1. The highest BCUT2D eigenvalue weighted by Crippen LogP contribution is 2.15. The fourth-order valence-corrected chi connectivity index (χ4v) is 1.59. The summed E-state index contributed by atoms with van der Waals surface area (Å²) in [6.45, 7) is 6.45. The number of carbonyl (C=O) groups excluding carboxylic acids is 1. The van der Waals surface area contributed by atoms with Gasteiger partial charge in [-0.25, -0.2) is 13.6 Å². The summed E-state index contributed by atoms with van der Waals surface area (Å²) in [4.78, 5) is 11.6. The molecule has 0 aliphatic carbocycles. The van der Waals surface area contributed by atoms with E-state index in [1.54, 1.807) is 6.92 Å². The number of urea groups is 1. The van der Waals surface area contributed by atoms with Crippen molar-refractivity contribution in [3.63, 3.8) is 0 Å². The molecule has 1 unspecified atom stereocenters. The van der Waals surface area contributed by atoms with Crippen molar-refractivity contribution in [3.05, 3.63) is 35.4 Å². The zero-order valence-corrected chi connectivity index (χ0v) is 11.5. The zero-order valence-electron chi connectivity index (χ0n) is 11.5. The molecule has 1 aromatic rings. The SMILES string of the molecule is CC(C)CCNC(=O)NC(C)c1ccc(F)c(F)c1. The van der Waals surface area contributed by atoms with Crippen molar-refractivity contribution in [2.75, 3.05) is 6.54 Å². The Kier molecular flexibility index (Phi) is 5.73. The minimum Gasteiger partial charge on any atom is -0.338 e. The predicted octanol–water partition coefficient (Wildman–Crippen LogP) is 3.37. The van der Waals surface area contributed by atoms with Gasteiger partial charge in [0.2, 0.25) is 0 Å². The molecule has 0 radical (unpaired) electrons. The highest BCUT2D eigenvalue weighted by atomic mass is 19.2. The monoisotopic (exact) mass is 270 g/mol. The molecule has 5 heteroatoms. The fourth-order valence-electron chi connectivity index (χ4n) is 1.59. The molecule has 0 bridgehead atoms. The number of halogens is 2. The van der Waals surface area contributed by atoms with Crippen molar-refractivity contribution >= 4 is 6.03 Å². The standard InChI is InChI=1S/C14H20F2N2O/c1-9(2)6-7-17-14(19)18-10(3)11-4-5-12(15)13(16)8-11/h4-5,8-10H,6-7H2,1-3H3,(H2,17,18,19). The number of carbonyl (C=O) groups is 1. The van der Waals surface area contributed by atoms with Crippen molar-refractivity contribution < 1.29 is 13.6 Å². The highest BCUT2D eigenvalue weighted by Gasteiger charge is 2.11. The summed E-state index contributed by atoms with van der Waals surface area (Å²) in [5.74, 6) is -1.28. The number of hydrogen-bond donors (Lipinski definition) is 2. The molecule has 0 saturated heterocycles. The molecule has 1 atom stereocenters. The third-order valence-corrected chi connectivity index (χ3v) is 2.80. The van der Waals surface area contributed by atoms with Crippen LogP contribution in [-0.4, -0.2) is 12.6 Å². The summed E-state index contributed by atoms with van der Waals surface area (Å²) in [5.41, 5.74) is 0.526. The van der Waals surface area contributed by atoms with E-state index in [-0.39, 0.29) is 12.1 Å². The average molecular weight is 270 g/mol. The largest absolute Gasteiger partial charge is 0.338 e. The number of rotatable bonds is 5. The van der Waals surface area contributed by atoms with E-state index in [2.05, 4.69) is 24.5 Å². The van der Waals surface area contributed by atoms with E-state index in [0.717, 1.165) is 18.6 Å². The lowest BCUT2D eigenvalue weighted by molar-refractivity contribution is 0.237. The molecular formula is C14H20F2N2O. The fraction of sp³-hybridized carbons (Fsp3) is 0.500. The van der Waals surface area contributed by atoms with Crippen LogP contribution >= 0.6 is 0 Å². The van der Waals surface area contributed by atoms with Crippen LogP contribution in [0.2, 0.25) is 0 Å². The topological polar surface area (TPSA) is 41.1 Å². The summed E-state index contributed by atoms with van der Waals surface area (Å²) in [6.07, 6.45) is 0.896. The molecule has 2 N–H and O–H groups in total. The quantitative estimate of drug-likeness (QED) is 0.846. The Hall–Kier alpha value is -1.65. The second-order valence-corrected chi connectivity index (χ2v) is 4.98. The predicted molar refractivity (Wildman–Crippen MR) is 70.8 cm³/mol. The molecule has 0 aromatic heterocycles. The highest BCUT2D eigenvalue weighted by molar-refractivity contribution is 5.74. The maximum atomic E-state index is 13.1. The van der Waals surface area contributed by atoms with E-state index < -0.39 is 11.6 Å². The number of hydrogen-bond acceptors (Lipinski definition) is 1. The van der Waals surface area contributed by atoms with E-state index in [9.17, 15) is 13.6 Å². The van der Waals surface area contributed by atoms with Crippen LogP contribution in [0.25, 0.3) is 0 Å². The van der Waals surface area contributed by atoms with Gasteiger partial charge in [0.25, 0.3) is 0 Å². The summed E-state index contributed by atoms with van der Waals surface area (Å²) in [6, 6.07) is 2.91. The molecule has 1 rings (SSSR count). The summed E-state index contributed by atoms with van der Waals surface area (Å²) in [7, 11) is 0. The van der Waals surface area contributed by atoms with Crippen LogP contribution in [0.15, 0.2) is 18.2 Å². The first-order chi connectivity index (χ1) is 8.90. The molecule has 1 aromatic carbocycles. The second-order valence-electron chi connectivity index (χ2n) is 4.98. The van der Waals surface area contributed by atoms with Gasteiger partial charge in [-0.2, -0.15) is 0 Å². The molecule has 106 valence electrons. The van der Waals surface area contributed by atoms with Crippen LogP contribution in [0.1, 0.15) is 38.8 Å². The van der Waals surface area contributed by atoms with Crippen molar-refractivity contribution in [2.24, 2.45) is 5.92 Å². The molecule has 0 aliphatic rings. The van der Waals surface area contributed by atoms with E-state index in [1.807, 2.05) is 0 Å². The van der Waals surface area contributed by atoms with Crippen molar-refractivity contribution in [2.45, 2.75) is 33.2 Å². The zero-order chi connectivity index (χ0) is 14.4. The Morgan fingerprint density at radius 2 is 1.89 bits per heavy atom. The van der Waals surface area contributed by atoms with Gasteiger partial charge in [0.1, 0.15) is 0 Å². The Morgan fingerprint density at radius 3 is 2.47 bits per heavy atom. The summed E-state index contributed by atoms with van der Waals surface area (Å²) < 4.78 is 25.9. The Morgan fingerprint density at radius 1 is 1.21 bits per heavy atom. The first kappa shape index (κ1) is 15.4. The van der Waals surface area contributed by atoms with Gasteiger partial charge in [-0.15, -0.1) is 0 Å². The van der Waals surface area contributed by atoms with Crippen molar-refractivity contribution in [1.82, 2.24) is 10.6 Å². The number of benzene rings is 1. The van der Waals surface area contributed by atoms with E-state index in [1.165, 1.54) is 6.07 Å². The number of nitrogens with one attached hydrogen (secondary N) is 2. The normalized spacial score (nSPS) is 12.3. The van der Waals surface area contributed by atoms with Crippen LogP contribution in [0.4, 0.5) is 13.6 Å². The minimum atomic E-state index is -0.911. The Bertz CT molecular complexity index is 435. The van der Waals surface area contributed by atoms with Crippen LogP contribution in [-0.2, 0) is 0 Å². The molecule has 0 heterocycles. The maximum Gasteiger partial charge on any atom is 0.315 e. The summed E-state index contributed by atoms with van der Waals surface area (Å²) >= 11 is 0. The van der Waals surface area contributed by atoms with Gasteiger partial charge < -0.3 is 10.6 Å². The maximum absolute atomic E-state index is 13.1. The lowest BCUT2D eigenvalue weighted by Crippen LogP contribution is -2.37. The molecule has 3 nitrogen and oxygen atoms in total. The van der Waals surface area contributed by atoms with Gasteiger partial charge in [0.05, 0.1) is 6.04 Å².